The molecule has 0 bridgehead atoms. The number of halogens is 3. The third-order valence-corrected chi connectivity index (χ3v) is 6.79. The van der Waals surface area contributed by atoms with Crippen LogP contribution in [0.25, 0.3) is 0 Å². The van der Waals surface area contributed by atoms with Crippen molar-refractivity contribution in [2.75, 3.05) is 13.7 Å². The van der Waals surface area contributed by atoms with Crippen LogP contribution >= 0.6 is 0 Å². The molecule has 3 nitrogen and oxygen atoms in total. The molecule has 0 amide bonds. The standard InChI is InChI=1S/C24H29F3N2O/c1-23(24(25,26)27)11-10-17-14-21(30-2)18(13-19(17)23)15-29-20-9-6-12-28-22(20)16-7-4-3-5-8-16/h3-5,7-8,13-14,20,22,28-29H,6,9-12,15H2,1-2H3/t20-,22-,23?/m0/s1. The number of fused-ring (bicyclic) bond motifs is 1. The first-order chi connectivity index (χ1) is 14.3. The second-order valence-corrected chi connectivity index (χ2v) is 8.62. The highest BCUT2D eigenvalue weighted by Gasteiger charge is 2.55. The molecule has 6 heteroatoms. The van der Waals surface area contributed by atoms with Crippen LogP contribution < -0.4 is 15.4 Å². The van der Waals surface area contributed by atoms with Gasteiger partial charge in [-0.25, -0.2) is 0 Å². The van der Waals surface area contributed by atoms with Crippen LogP contribution in [0.15, 0.2) is 42.5 Å². The predicted octanol–water partition coefficient (Wildman–Crippen LogP) is 5.04. The second-order valence-electron chi connectivity index (χ2n) is 8.62. The van der Waals surface area contributed by atoms with Gasteiger partial charge in [-0.2, -0.15) is 13.2 Å². The lowest BCUT2D eigenvalue weighted by Gasteiger charge is -2.34. The molecule has 0 spiro atoms. The number of aryl methyl sites for hydroxylation is 1. The molecular weight excluding hydrogens is 389 g/mol. The zero-order valence-electron chi connectivity index (χ0n) is 17.5. The first kappa shape index (κ1) is 21.2. The molecule has 1 fully saturated rings. The lowest BCUT2D eigenvalue weighted by atomic mass is 9.82. The van der Waals surface area contributed by atoms with Crippen molar-refractivity contribution in [2.24, 2.45) is 0 Å². The fourth-order valence-electron chi connectivity index (χ4n) is 4.89. The van der Waals surface area contributed by atoms with Gasteiger partial charge in [0.25, 0.3) is 0 Å². The number of nitrogens with one attached hydrogen (secondary N) is 2. The molecule has 2 aromatic rings. The Bertz CT molecular complexity index is 884. The van der Waals surface area contributed by atoms with E-state index in [2.05, 4.69) is 22.8 Å². The summed E-state index contributed by atoms with van der Waals surface area (Å²) in [4.78, 5) is 0. The second kappa shape index (κ2) is 8.23. The smallest absolute Gasteiger partial charge is 0.398 e. The summed E-state index contributed by atoms with van der Waals surface area (Å²) in [5.41, 5.74) is 1.36. The zero-order valence-corrected chi connectivity index (χ0v) is 17.5. The summed E-state index contributed by atoms with van der Waals surface area (Å²) in [7, 11) is 1.58. The Morgan fingerprint density at radius 2 is 1.97 bits per heavy atom. The van der Waals surface area contributed by atoms with Crippen LogP contribution in [0.3, 0.4) is 0 Å². The number of methoxy groups -OCH3 is 1. The van der Waals surface area contributed by atoms with Gasteiger partial charge in [0.05, 0.1) is 12.5 Å². The summed E-state index contributed by atoms with van der Waals surface area (Å²) in [6, 6.07) is 14.2. The monoisotopic (exact) mass is 418 g/mol. The molecule has 2 aliphatic rings. The predicted molar refractivity (Wildman–Crippen MR) is 112 cm³/mol. The van der Waals surface area contributed by atoms with Crippen LogP contribution in [0.1, 0.15) is 54.5 Å². The van der Waals surface area contributed by atoms with E-state index in [1.807, 2.05) is 18.2 Å². The zero-order chi connectivity index (χ0) is 21.4. The Morgan fingerprint density at radius 3 is 2.67 bits per heavy atom. The molecular formula is C24H29F3N2O. The Balaban J connectivity index is 1.58. The van der Waals surface area contributed by atoms with E-state index in [4.69, 9.17) is 4.74 Å². The van der Waals surface area contributed by atoms with Crippen molar-refractivity contribution in [2.45, 2.75) is 62.8 Å². The third-order valence-electron chi connectivity index (χ3n) is 6.79. The van der Waals surface area contributed by atoms with Gasteiger partial charge in [0, 0.05) is 24.2 Å². The minimum atomic E-state index is -4.26. The van der Waals surface area contributed by atoms with Crippen LogP contribution in [0, 0.1) is 0 Å². The van der Waals surface area contributed by atoms with Gasteiger partial charge in [-0.3, -0.25) is 0 Å². The highest BCUT2D eigenvalue weighted by atomic mass is 19.4. The SMILES string of the molecule is COc1cc2c(cc1CN[C@H]1CCCN[C@H]1c1ccccc1)C(C)(C(F)(F)F)CC2. The minimum absolute atomic E-state index is 0.0918. The number of hydrogen-bond donors (Lipinski definition) is 2. The first-order valence-corrected chi connectivity index (χ1v) is 10.6. The third kappa shape index (κ3) is 3.83. The van der Waals surface area contributed by atoms with Gasteiger partial charge in [-0.1, -0.05) is 30.3 Å². The maximum atomic E-state index is 13.8. The number of ether oxygens (including phenoxy) is 1. The van der Waals surface area contributed by atoms with Crippen LogP contribution in [-0.2, 0) is 18.4 Å². The Hall–Kier alpha value is -2.05. The summed E-state index contributed by atoms with van der Waals surface area (Å²) < 4.78 is 46.9. The van der Waals surface area contributed by atoms with Crippen molar-refractivity contribution in [1.82, 2.24) is 10.6 Å². The summed E-state index contributed by atoms with van der Waals surface area (Å²) in [5, 5.41) is 7.18. The molecule has 1 unspecified atom stereocenters. The van der Waals surface area contributed by atoms with E-state index < -0.39 is 11.6 Å². The van der Waals surface area contributed by atoms with Gasteiger partial charge in [-0.05, 0) is 68.0 Å². The molecule has 1 heterocycles. The van der Waals surface area contributed by atoms with Crippen LogP contribution in [-0.4, -0.2) is 25.9 Å². The number of piperidine rings is 1. The van der Waals surface area contributed by atoms with E-state index in [0.717, 1.165) is 30.5 Å². The van der Waals surface area contributed by atoms with Crippen molar-refractivity contribution in [3.05, 3.63) is 64.7 Å². The Morgan fingerprint density at radius 1 is 1.20 bits per heavy atom. The van der Waals surface area contributed by atoms with Crippen molar-refractivity contribution in [1.29, 1.82) is 0 Å². The van der Waals surface area contributed by atoms with Gasteiger partial charge in [-0.15, -0.1) is 0 Å². The molecule has 0 saturated carbocycles. The van der Waals surface area contributed by atoms with Crippen LogP contribution in [0.5, 0.6) is 5.75 Å². The average Bonchev–Trinajstić information content (AvgIpc) is 3.09. The molecule has 1 aliphatic heterocycles. The van der Waals surface area contributed by atoms with E-state index in [-0.39, 0.29) is 18.5 Å². The number of rotatable bonds is 5. The summed E-state index contributed by atoms with van der Waals surface area (Å²) in [6.45, 7) is 2.75. The first-order valence-electron chi connectivity index (χ1n) is 10.6. The number of hydrogen-bond acceptors (Lipinski definition) is 3. The molecule has 4 rings (SSSR count). The van der Waals surface area contributed by atoms with E-state index in [1.54, 1.807) is 19.2 Å². The Labute approximate surface area is 176 Å². The molecule has 1 saturated heterocycles. The molecule has 0 radical (unpaired) electrons. The van der Waals surface area contributed by atoms with Crippen LogP contribution in [0.4, 0.5) is 13.2 Å². The van der Waals surface area contributed by atoms with Gasteiger partial charge < -0.3 is 15.4 Å². The number of alkyl halides is 3. The summed E-state index contributed by atoms with van der Waals surface area (Å²) >= 11 is 0. The lowest BCUT2D eigenvalue weighted by Crippen LogP contribution is -2.45. The van der Waals surface area contributed by atoms with Gasteiger partial charge in [0.1, 0.15) is 5.75 Å². The molecule has 162 valence electrons. The van der Waals surface area contributed by atoms with E-state index in [9.17, 15) is 13.2 Å². The van der Waals surface area contributed by atoms with E-state index in [0.29, 0.717) is 24.3 Å². The van der Waals surface area contributed by atoms with Gasteiger partial charge >= 0.3 is 6.18 Å². The van der Waals surface area contributed by atoms with E-state index >= 15 is 0 Å². The summed E-state index contributed by atoms with van der Waals surface area (Å²) in [5.74, 6) is 0.660. The quantitative estimate of drug-likeness (QED) is 0.713. The average molecular weight is 419 g/mol. The molecule has 2 N–H and O–H groups in total. The molecule has 0 aromatic heterocycles. The molecule has 3 atom stereocenters. The molecule has 30 heavy (non-hydrogen) atoms. The normalized spacial score (nSPS) is 26.4. The van der Waals surface area contributed by atoms with Crippen molar-refractivity contribution < 1.29 is 17.9 Å². The highest BCUT2D eigenvalue weighted by Crippen LogP contribution is 2.50. The minimum Gasteiger partial charge on any atom is -0.496 e. The highest BCUT2D eigenvalue weighted by molar-refractivity contribution is 5.49. The summed E-state index contributed by atoms with van der Waals surface area (Å²) in [6.07, 6.45) is -1.66. The Kier molecular flexibility index (Phi) is 5.82. The maximum absolute atomic E-state index is 13.8. The fraction of sp³-hybridized carbons (Fsp3) is 0.500. The van der Waals surface area contributed by atoms with Gasteiger partial charge in [0.2, 0.25) is 0 Å². The topological polar surface area (TPSA) is 33.3 Å². The molecule has 2 aromatic carbocycles. The van der Waals surface area contributed by atoms with Gasteiger partial charge in [0.15, 0.2) is 0 Å². The van der Waals surface area contributed by atoms with Crippen molar-refractivity contribution in [3.8, 4) is 5.75 Å². The van der Waals surface area contributed by atoms with Crippen LogP contribution in [0.2, 0.25) is 0 Å². The fourth-order valence-corrected chi connectivity index (χ4v) is 4.89. The lowest BCUT2D eigenvalue weighted by molar-refractivity contribution is -0.184. The van der Waals surface area contributed by atoms with Crippen molar-refractivity contribution >= 4 is 0 Å². The maximum Gasteiger partial charge on any atom is 0.398 e. The van der Waals surface area contributed by atoms with Crippen molar-refractivity contribution in [3.63, 3.8) is 0 Å². The largest absolute Gasteiger partial charge is 0.496 e. The number of benzene rings is 2. The van der Waals surface area contributed by atoms with E-state index in [1.165, 1.54) is 12.5 Å². The molecule has 1 aliphatic carbocycles.